The maximum absolute atomic E-state index is 13.3. The van der Waals surface area contributed by atoms with Crippen LogP contribution in [0.15, 0.2) is 53.4 Å². The van der Waals surface area contributed by atoms with Crippen molar-refractivity contribution in [3.8, 4) is 5.75 Å². The highest BCUT2D eigenvalue weighted by atomic mass is 35.5. The van der Waals surface area contributed by atoms with Crippen LogP contribution in [0.5, 0.6) is 5.75 Å². The highest BCUT2D eigenvalue weighted by Gasteiger charge is 2.30. The third-order valence-corrected chi connectivity index (χ3v) is 8.86. The fourth-order valence-electron chi connectivity index (χ4n) is 4.64. The molecule has 0 bridgehead atoms. The summed E-state index contributed by atoms with van der Waals surface area (Å²) in [6.07, 6.45) is 5.21. The summed E-state index contributed by atoms with van der Waals surface area (Å²) >= 11 is 6.17. The number of hydrogen-bond donors (Lipinski definition) is 0. The lowest BCUT2D eigenvalue weighted by Gasteiger charge is -2.36. The topological polar surface area (TPSA) is 70.2 Å². The number of hydrogen-bond acceptors (Lipinski definition) is 5. The number of methoxy groups -OCH3 is 1. The minimum absolute atomic E-state index is 0.0768. The Bertz CT molecular complexity index is 1190. The van der Waals surface area contributed by atoms with Gasteiger partial charge >= 0.3 is 0 Å². The molecule has 0 saturated carbocycles. The molecule has 35 heavy (non-hydrogen) atoms. The molecule has 2 saturated heterocycles. The molecule has 2 aromatic carbocycles. The van der Waals surface area contributed by atoms with E-state index < -0.39 is 10.0 Å². The summed E-state index contributed by atoms with van der Waals surface area (Å²) in [7, 11) is -1.99. The van der Waals surface area contributed by atoms with E-state index >= 15 is 0 Å². The summed E-state index contributed by atoms with van der Waals surface area (Å²) in [4.78, 5) is 16.9. The van der Waals surface area contributed by atoms with Crippen LogP contribution in [-0.4, -0.2) is 69.9 Å². The average Bonchev–Trinajstić information content (AvgIpc) is 2.87. The van der Waals surface area contributed by atoms with Gasteiger partial charge in [-0.2, -0.15) is 4.31 Å². The summed E-state index contributed by atoms with van der Waals surface area (Å²) in [5.41, 5.74) is 1.53. The Hall–Kier alpha value is -2.55. The van der Waals surface area contributed by atoms with Crippen LogP contribution >= 0.6 is 11.6 Å². The van der Waals surface area contributed by atoms with E-state index in [9.17, 15) is 13.2 Å². The Morgan fingerprint density at radius 3 is 2.51 bits per heavy atom. The predicted molar refractivity (Wildman–Crippen MR) is 139 cm³/mol. The van der Waals surface area contributed by atoms with E-state index in [2.05, 4.69) is 11.8 Å². The highest BCUT2D eigenvalue weighted by molar-refractivity contribution is 7.89. The molecule has 7 nitrogen and oxygen atoms in total. The van der Waals surface area contributed by atoms with Gasteiger partial charge in [-0.25, -0.2) is 8.42 Å². The van der Waals surface area contributed by atoms with Crippen LogP contribution in [0.1, 0.15) is 25.3 Å². The van der Waals surface area contributed by atoms with Gasteiger partial charge in [0, 0.05) is 50.4 Å². The lowest BCUT2D eigenvalue weighted by atomic mass is 10.0. The Balaban J connectivity index is 1.46. The largest absolute Gasteiger partial charge is 0.495 e. The van der Waals surface area contributed by atoms with Crippen LogP contribution < -0.4 is 9.64 Å². The van der Waals surface area contributed by atoms with Crippen LogP contribution in [-0.2, 0) is 14.8 Å². The fraction of sp³-hybridized carbons (Fsp3) is 0.423. The number of piperidine rings is 1. The van der Waals surface area contributed by atoms with Crippen molar-refractivity contribution in [1.29, 1.82) is 0 Å². The van der Waals surface area contributed by atoms with Gasteiger partial charge in [-0.15, -0.1) is 0 Å². The van der Waals surface area contributed by atoms with Gasteiger partial charge in [-0.05, 0) is 54.7 Å². The second-order valence-electron chi connectivity index (χ2n) is 9.11. The number of amides is 1. The first kappa shape index (κ1) is 25.5. The van der Waals surface area contributed by atoms with Crippen LogP contribution in [0.4, 0.5) is 5.69 Å². The number of sulfonamides is 1. The van der Waals surface area contributed by atoms with E-state index in [-0.39, 0.29) is 10.8 Å². The molecule has 0 aliphatic carbocycles. The molecule has 1 amide bonds. The van der Waals surface area contributed by atoms with Gasteiger partial charge in [0.15, 0.2) is 0 Å². The molecule has 2 heterocycles. The standard InChI is InChI=1S/C26H32ClN3O4S/c1-20-6-5-13-30(19-20)35(32,33)22-10-11-25(34-2)24(18-22)28-14-16-29(17-15-28)26(31)12-9-21-7-3-4-8-23(21)27/h3-4,7-12,18,20H,5-6,13-17,19H2,1-2H3/b12-9+. The Morgan fingerprint density at radius 2 is 1.83 bits per heavy atom. The normalized spacial score (nSPS) is 19.8. The Morgan fingerprint density at radius 1 is 1.09 bits per heavy atom. The molecular weight excluding hydrogens is 486 g/mol. The van der Waals surface area contributed by atoms with Gasteiger partial charge in [0.1, 0.15) is 5.75 Å². The summed E-state index contributed by atoms with van der Waals surface area (Å²) in [5, 5.41) is 0.599. The molecule has 188 valence electrons. The van der Waals surface area contributed by atoms with Crippen molar-refractivity contribution < 1.29 is 17.9 Å². The second kappa shape index (κ2) is 11.0. The average molecular weight is 518 g/mol. The van der Waals surface area contributed by atoms with Gasteiger partial charge in [0.2, 0.25) is 15.9 Å². The van der Waals surface area contributed by atoms with Gasteiger partial charge in [0.05, 0.1) is 17.7 Å². The second-order valence-corrected chi connectivity index (χ2v) is 11.5. The molecular formula is C26H32ClN3O4S. The van der Waals surface area contributed by atoms with E-state index in [0.717, 1.165) is 24.1 Å². The zero-order chi connectivity index (χ0) is 25.0. The smallest absolute Gasteiger partial charge is 0.246 e. The number of nitrogens with zero attached hydrogens (tertiary/aromatic N) is 3. The maximum atomic E-state index is 13.3. The molecule has 2 fully saturated rings. The zero-order valence-electron chi connectivity index (χ0n) is 20.2. The number of ether oxygens (including phenoxy) is 1. The summed E-state index contributed by atoms with van der Waals surface area (Å²) in [5.74, 6) is 0.898. The SMILES string of the molecule is COc1ccc(S(=O)(=O)N2CCCC(C)C2)cc1N1CCN(C(=O)/C=C/c2ccccc2Cl)CC1. The van der Waals surface area contributed by atoms with Crippen LogP contribution in [0.25, 0.3) is 6.08 Å². The van der Waals surface area contributed by atoms with Gasteiger partial charge in [-0.1, -0.05) is 36.7 Å². The van der Waals surface area contributed by atoms with Crippen molar-refractivity contribution in [2.24, 2.45) is 5.92 Å². The van der Waals surface area contributed by atoms with Crippen molar-refractivity contribution >= 4 is 39.3 Å². The van der Waals surface area contributed by atoms with Crippen LogP contribution in [0, 0.1) is 5.92 Å². The molecule has 2 aliphatic rings. The first-order valence-corrected chi connectivity index (χ1v) is 13.8. The molecule has 0 aromatic heterocycles. The minimum Gasteiger partial charge on any atom is -0.495 e. The van der Waals surface area contributed by atoms with Gasteiger partial charge < -0.3 is 14.5 Å². The number of carbonyl (C=O) groups excluding carboxylic acids is 1. The van der Waals surface area contributed by atoms with Crippen molar-refractivity contribution in [2.45, 2.75) is 24.7 Å². The zero-order valence-corrected chi connectivity index (χ0v) is 21.8. The Kier molecular flexibility index (Phi) is 8.04. The number of piperazine rings is 1. The minimum atomic E-state index is -3.58. The first-order chi connectivity index (χ1) is 16.8. The number of anilines is 1. The number of benzene rings is 2. The van der Waals surface area contributed by atoms with Gasteiger partial charge in [0.25, 0.3) is 0 Å². The molecule has 0 spiro atoms. The number of halogens is 1. The van der Waals surface area contributed by atoms with E-state index in [1.807, 2.05) is 18.2 Å². The van der Waals surface area contributed by atoms with Crippen molar-refractivity contribution in [3.05, 3.63) is 59.1 Å². The molecule has 9 heteroatoms. The van der Waals surface area contributed by atoms with Gasteiger partial charge in [-0.3, -0.25) is 4.79 Å². The Labute approximate surface area is 213 Å². The van der Waals surface area contributed by atoms with E-state index in [4.69, 9.17) is 16.3 Å². The fourth-order valence-corrected chi connectivity index (χ4v) is 6.45. The van der Waals surface area contributed by atoms with Crippen LogP contribution in [0.2, 0.25) is 5.02 Å². The van der Waals surface area contributed by atoms with Crippen LogP contribution in [0.3, 0.4) is 0 Å². The quantitative estimate of drug-likeness (QED) is 0.539. The molecule has 4 rings (SSSR count). The third kappa shape index (κ3) is 5.82. The number of rotatable bonds is 6. The monoisotopic (exact) mass is 517 g/mol. The van der Waals surface area contributed by atoms with Crippen molar-refractivity contribution in [2.75, 3.05) is 51.3 Å². The lowest BCUT2D eigenvalue weighted by molar-refractivity contribution is -0.126. The summed E-state index contributed by atoms with van der Waals surface area (Å²) in [6.45, 7) is 5.39. The maximum Gasteiger partial charge on any atom is 0.246 e. The molecule has 0 radical (unpaired) electrons. The van der Waals surface area contributed by atoms with Crippen molar-refractivity contribution in [3.63, 3.8) is 0 Å². The predicted octanol–water partition coefficient (Wildman–Crippen LogP) is 4.13. The molecule has 0 N–H and O–H groups in total. The molecule has 2 aliphatic heterocycles. The lowest BCUT2D eigenvalue weighted by Crippen LogP contribution is -2.48. The van der Waals surface area contributed by atoms with E-state index in [1.165, 1.54) is 0 Å². The molecule has 1 atom stereocenters. The highest BCUT2D eigenvalue weighted by Crippen LogP contribution is 2.33. The van der Waals surface area contributed by atoms with E-state index in [1.54, 1.807) is 52.7 Å². The number of carbonyl (C=O) groups is 1. The third-order valence-electron chi connectivity index (χ3n) is 6.65. The first-order valence-electron chi connectivity index (χ1n) is 11.9. The molecule has 2 aromatic rings. The van der Waals surface area contributed by atoms with Crippen molar-refractivity contribution in [1.82, 2.24) is 9.21 Å². The molecule has 1 unspecified atom stereocenters. The van der Waals surface area contributed by atoms with E-state index in [0.29, 0.717) is 56.0 Å². The summed E-state index contributed by atoms with van der Waals surface area (Å²) < 4.78 is 33.8. The summed E-state index contributed by atoms with van der Waals surface area (Å²) in [6, 6.07) is 12.4.